The number of carbonyl (C=O) groups excluding carboxylic acids is 1. The zero-order chi connectivity index (χ0) is 18.1. The van der Waals surface area contributed by atoms with Crippen LogP contribution in [0.1, 0.15) is 25.3 Å². The molecule has 2 aromatic rings. The number of carbonyl (C=O) groups is 1. The van der Waals surface area contributed by atoms with Gasteiger partial charge in [0.15, 0.2) is 0 Å². The van der Waals surface area contributed by atoms with Crippen LogP contribution in [-0.4, -0.2) is 17.4 Å². The third-order valence-electron chi connectivity index (χ3n) is 3.41. The van der Waals surface area contributed by atoms with Gasteiger partial charge in [0.2, 0.25) is 5.91 Å². The first-order valence-electron chi connectivity index (χ1n) is 8.05. The van der Waals surface area contributed by atoms with Gasteiger partial charge in [-0.1, -0.05) is 37.6 Å². The molecule has 1 amide bonds. The van der Waals surface area contributed by atoms with Crippen LogP contribution in [0.3, 0.4) is 0 Å². The molecule has 0 fully saturated rings. The first kappa shape index (κ1) is 18.2. The quantitative estimate of drug-likeness (QED) is 0.334. The number of nitrogens with zero attached hydrogens (tertiary/aromatic N) is 1. The topological polar surface area (TPSA) is 81.5 Å². The molecule has 130 valence electrons. The van der Waals surface area contributed by atoms with E-state index in [0.29, 0.717) is 12.3 Å². The average molecular weight is 340 g/mol. The number of nitro benzene ring substituents is 1. The van der Waals surface area contributed by atoms with Gasteiger partial charge in [-0.2, -0.15) is 0 Å². The zero-order valence-electron chi connectivity index (χ0n) is 14.0. The number of non-ortho nitro benzene ring substituents is 1. The molecule has 0 spiro atoms. The lowest BCUT2D eigenvalue weighted by Gasteiger charge is -2.08. The van der Waals surface area contributed by atoms with Crippen molar-refractivity contribution < 1.29 is 14.5 Å². The molecule has 1 N–H and O–H groups in total. The van der Waals surface area contributed by atoms with Gasteiger partial charge in [0, 0.05) is 29.5 Å². The molecule has 0 saturated heterocycles. The van der Waals surface area contributed by atoms with Gasteiger partial charge in [-0.25, -0.2) is 0 Å². The predicted octanol–water partition coefficient (Wildman–Crippen LogP) is 4.43. The highest BCUT2D eigenvalue weighted by Gasteiger charge is 2.07. The Kier molecular flexibility index (Phi) is 6.71. The summed E-state index contributed by atoms with van der Waals surface area (Å²) in [6.45, 7) is 2.72. The van der Waals surface area contributed by atoms with Gasteiger partial charge in [0.25, 0.3) is 5.69 Å². The minimum atomic E-state index is -0.505. The molecular weight excluding hydrogens is 320 g/mol. The number of amides is 1. The summed E-state index contributed by atoms with van der Waals surface area (Å²) in [5, 5.41) is 13.4. The van der Waals surface area contributed by atoms with Crippen molar-refractivity contribution in [3.8, 4) is 5.75 Å². The minimum absolute atomic E-state index is 0.0727. The summed E-state index contributed by atoms with van der Waals surface area (Å²) in [5.41, 5.74) is 1.10. The number of benzene rings is 2. The van der Waals surface area contributed by atoms with E-state index in [1.54, 1.807) is 12.1 Å². The summed E-state index contributed by atoms with van der Waals surface area (Å²) < 4.78 is 5.71. The van der Waals surface area contributed by atoms with Gasteiger partial charge in [0.1, 0.15) is 5.75 Å². The van der Waals surface area contributed by atoms with E-state index in [2.05, 4.69) is 12.2 Å². The third-order valence-corrected chi connectivity index (χ3v) is 3.41. The zero-order valence-corrected chi connectivity index (χ0v) is 14.0. The van der Waals surface area contributed by atoms with Gasteiger partial charge in [-0.15, -0.1) is 0 Å². The van der Waals surface area contributed by atoms with Crippen LogP contribution in [0.2, 0.25) is 0 Å². The highest BCUT2D eigenvalue weighted by atomic mass is 16.6. The van der Waals surface area contributed by atoms with Crippen molar-refractivity contribution in [3.63, 3.8) is 0 Å². The Balaban J connectivity index is 2.03. The fourth-order valence-electron chi connectivity index (χ4n) is 2.12. The highest BCUT2D eigenvalue weighted by molar-refractivity contribution is 6.02. The summed E-state index contributed by atoms with van der Waals surface area (Å²) in [6, 6.07) is 13.3. The van der Waals surface area contributed by atoms with Crippen molar-refractivity contribution >= 4 is 23.4 Å². The van der Waals surface area contributed by atoms with Gasteiger partial charge in [0.05, 0.1) is 11.5 Å². The van der Waals surface area contributed by atoms with Crippen LogP contribution in [0.4, 0.5) is 11.4 Å². The first-order valence-corrected chi connectivity index (χ1v) is 8.05. The van der Waals surface area contributed by atoms with Gasteiger partial charge < -0.3 is 10.1 Å². The number of ether oxygens (including phenoxy) is 1. The lowest BCUT2D eigenvalue weighted by atomic mass is 10.2. The normalized spacial score (nSPS) is 10.6. The molecule has 25 heavy (non-hydrogen) atoms. The molecule has 0 atom stereocenters. The van der Waals surface area contributed by atoms with E-state index >= 15 is 0 Å². The Morgan fingerprint density at radius 3 is 2.80 bits per heavy atom. The molecule has 6 nitrogen and oxygen atoms in total. The molecule has 0 aliphatic rings. The van der Waals surface area contributed by atoms with E-state index in [4.69, 9.17) is 4.74 Å². The van der Waals surface area contributed by atoms with Crippen LogP contribution in [-0.2, 0) is 4.79 Å². The van der Waals surface area contributed by atoms with Crippen LogP contribution in [0, 0.1) is 10.1 Å². The second-order valence-corrected chi connectivity index (χ2v) is 5.37. The van der Waals surface area contributed by atoms with E-state index in [1.165, 1.54) is 24.3 Å². The molecule has 0 unspecified atom stereocenters. The number of nitro groups is 1. The van der Waals surface area contributed by atoms with Crippen molar-refractivity contribution in [2.45, 2.75) is 19.8 Å². The van der Waals surface area contributed by atoms with Crippen LogP contribution in [0.5, 0.6) is 5.75 Å². The second-order valence-electron chi connectivity index (χ2n) is 5.37. The molecule has 6 heteroatoms. The molecule has 0 heterocycles. The molecule has 0 radical (unpaired) electrons. The van der Waals surface area contributed by atoms with Crippen molar-refractivity contribution in [2.75, 3.05) is 11.9 Å². The number of rotatable bonds is 8. The lowest BCUT2D eigenvalue weighted by molar-refractivity contribution is -0.384. The molecule has 0 bridgehead atoms. The van der Waals surface area contributed by atoms with Gasteiger partial charge >= 0.3 is 0 Å². The fraction of sp³-hybridized carbons (Fsp3) is 0.211. The van der Waals surface area contributed by atoms with Gasteiger partial charge in [-0.3, -0.25) is 14.9 Å². The average Bonchev–Trinajstić information content (AvgIpc) is 2.61. The fourth-order valence-corrected chi connectivity index (χ4v) is 2.12. The van der Waals surface area contributed by atoms with Crippen LogP contribution in [0.15, 0.2) is 54.6 Å². The predicted molar refractivity (Wildman–Crippen MR) is 97.6 cm³/mol. The summed E-state index contributed by atoms with van der Waals surface area (Å²) in [6.07, 6.45) is 5.05. The number of nitrogens with one attached hydrogen (secondary N) is 1. The summed E-state index contributed by atoms with van der Waals surface area (Å²) >= 11 is 0. The molecule has 2 rings (SSSR count). The third kappa shape index (κ3) is 5.76. The largest absolute Gasteiger partial charge is 0.493 e. The highest BCUT2D eigenvalue weighted by Crippen LogP contribution is 2.20. The Hall–Kier alpha value is -3.15. The Labute approximate surface area is 146 Å². The smallest absolute Gasteiger partial charge is 0.271 e. The van der Waals surface area contributed by atoms with Gasteiger partial charge in [-0.05, 0) is 24.6 Å². The maximum atomic E-state index is 12.0. The molecule has 0 aliphatic heterocycles. The Morgan fingerprint density at radius 1 is 1.24 bits per heavy atom. The molecule has 2 aromatic carbocycles. The molecule has 0 saturated carbocycles. The van der Waals surface area contributed by atoms with E-state index in [-0.39, 0.29) is 11.6 Å². The number of anilines is 1. The monoisotopic (exact) mass is 340 g/mol. The number of unbranched alkanes of at least 4 members (excludes halogenated alkanes) is 1. The molecule has 0 aliphatic carbocycles. The van der Waals surface area contributed by atoms with Crippen molar-refractivity contribution in [2.24, 2.45) is 0 Å². The van der Waals surface area contributed by atoms with Crippen molar-refractivity contribution in [1.82, 2.24) is 0 Å². The molecular formula is C19H20N2O4. The van der Waals surface area contributed by atoms with Crippen LogP contribution in [0.25, 0.3) is 6.08 Å². The van der Waals surface area contributed by atoms with E-state index < -0.39 is 4.92 Å². The Bertz CT molecular complexity index is 772. The minimum Gasteiger partial charge on any atom is -0.493 e. The van der Waals surface area contributed by atoms with Crippen LogP contribution >= 0.6 is 0 Å². The molecule has 0 aromatic heterocycles. The number of para-hydroxylation sites is 1. The second kappa shape index (κ2) is 9.22. The van der Waals surface area contributed by atoms with Crippen LogP contribution < -0.4 is 10.1 Å². The number of hydrogen-bond acceptors (Lipinski definition) is 4. The summed E-state index contributed by atoms with van der Waals surface area (Å²) in [7, 11) is 0. The summed E-state index contributed by atoms with van der Waals surface area (Å²) in [4.78, 5) is 22.3. The summed E-state index contributed by atoms with van der Waals surface area (Å²) in [5.74, 6) is 0.346. The van der Waals surface area contributed by atoms with Crippen molar-refractivity contribution in [1.29, 1.82) is 0 Å². The van der Waals surface area contributed by atoms with E-state index in [0.717, 1.165) is 24.2 Å². The Morgan fingerprint density at radius 2 is 2.04 bits per heavy atom. The standard InChI is InChI=1S/C19H20N2O4/c1-2-3-13-25-18-10-5-4-7-15(18)11-12-19(22)20-16-8-6-9-17(14-16)21(23)24/h4-12,14H,2-3,13H2,1H3,(H,20,22). The SMILES string of the molecule is CCCCOc1ccccc1C=CC(=O)Nc1cccc([N+](=O)[O-])c1. The lowest BCUT2D eigenvalue weighted by Crippen LogP contribution is -2.08. The number of hydrogen-bond donors (Lipinski definition) is 1. The first-order chi connectivity index (χ1) is 12.1. The maximum Gasteiger partial charge on any atom is 0.271 e. The van der Waals surface area contributed by atoms with Crippen molar-refractivity contribution in [3.05, 3.63) is 70.3 Å². The van der Waals surface area contributed by atoms with E-state index in [1.807, 2.05) is 24.3 Å². The van der Waals surface area contributed by atoms with E-state index in [9.17, 15) is 14.9 Å². The maximum absolute atomic E-state index is 12.0.